The van der Waals surface area contributed by atoms with Crippen LogP contribution in [0.15, 0.2) is 0 Å². The molecule has 0 aromatic rings. The summed E-state index contributed by atoms with van der Waals surface area (Å²) in [5.74, 6) is 0.308. The second kappa shape index (κ2) is 5.00. The van der Waals surface area contributed by atoms with Crippen molar-refractivity contribution in [3.05, 3.63) is 0 Å². The van der Waals surface area contributed by atoms with Gasteiger partial charge in [0.2, 0.25) is 0 Å². The fourth-order valence-electron chi connectivity index (χ4n) is 2.80. The molecule has 0 aliphatic carbocycles. The van der Waals surface area contributed by atoms with Crippen molar-refractivity contribution in [2.45, 2.75) is 60.6 Å². The molecule has 0 atom stereocenters. The molecule has 0 radical (unpaired) electrons. The van der Waals surface area contributed by atoms with Crippen LogP contribution in [0.25, 0.3) is 0 Å². The van der Waals surface area contributed by atoms with E-state index in [1.165, 1.54) is 13.6 Å². The van der Waals surface area contributed by atoms with Crippen molar-refractivity contribution < 1.29 is 4.79 Å². The first kappa shape index (κ1) is 13.7. The van der Waals surface area contributed by atoms with E-state index < -0.39 is 0 Å². The van der Waals surface area contributed by atoms with Gasteiger partial charge < -0.3 is 4.79 Å². The molecule has 0 aromatic carbocycles. The Morgan fingerprint density at radius 3 is 2.00 bits per heavy atom. The van der Waals surface area contributed by atoms with E-state index in [0.717, 1.165) is 6.42 Å². The lowest BCUT2D eigenvalue weighted by molar-refractivity contribution is -0.119. The SMILES string of the molecule is CBCC(C)(C)CC(C)(C)CC(C)=O. The van der Waals surface area contributed by atoms with Crippen LogP contribution >= 0.6 is 0 Å². The molecular weight excluding hydrogens is 171 g/mol. The van der Waals surface area contributed by atoms with Crippen LogP contribution in [0.5, 0.6) is 0 Å². The highest BCUT2D eigenvalue weighted by Gasteiger charge is 2.28. The summed E-state index contributed by atoms with van der Waals surface area (Å²) in [6.07, 6.45) is 3.09. The van der Waals surface area contributed by atoms with Crippen molar-refractivity contribution in [3.63, 3.8) is 0 Å². The molecule has 0 unspecified atom stereocenters. The minimum atomic E-state index is 0.157. The van der Waals surface area contributed by atoms with Crippen LogP contribution in [-0.4, -0.2) is 13.1 Å². The van der Waals surface area contributed by atoms with Crippen molar-refractivity contribution in [2.75, 3.05) is 0 Å². The van der Waals surface area contributed by atoms with Crippen molar-refractivity contribution in [3.8, 4) is 0 Å². The van der Waals surface area contributed by atoms with Gasteiger partial charge in [0.25, 0.3) is 0 Å². The van der Waals surface area contributed by atoms with Crippen LogP contribution in [0.4, 0.5) is 0 Å². The van der Waals surface area contributed by atoms with Crippen molar-refractivity contribution in [2.24, 2.45) is 10.8 Å². The summed E-state index contributed by atoms with van der Waals surface area (Å²) in [4.78, 5) is 11.1. The predicted octanol–water partition coefficient (Wildman–Crippen LogP) is 3.31. The highest BCUT2D eigenvalue weighted by molar-refractivity contribution is 6.33. The minimum Gasteiger partial charge on any atom is -0.300 e. The van der Waals surface area contributed by atoms with Gasteiger partial charge in [-0.1, -0.05) is 40.8 Å². The zero-order valence-electron chi connectivity index (χ0n) is 10.7. The fourth-order valence-corrected chi connectivity index (χ4v) is 2.80. The van der Waals surface area contributed by atoms with Crippen molar-refractivity contribution >= 4 is 13.1 Å². The van der Waals surface area contributed by atoms with E-state index >= 15 is 0 Å². The molecule has 0 aromatic heterocycles. The Kier molecular flexibility index (Phi) is 4.90. The third-order valence-corrected chi connectivity index (χ3v) is 2.61. The van der Waals surface area contributed by atoms with E-state index in [-0.39, 0.29) is 5.41 Å². The number of Topliss-reactive ketones (excluding diaryl/α,β-unsaturated/α-hetero) is 1. The van der Waals surface area contributed by atoms with Gasteiger partial charge in [0.15, 0.2) is 0 Å². The molecule has 0 aliphatic rings. The fraction of sp³-hybridized carbons (Fsp3) is 0.917. The smallest absolute Gasteiger partial charge is 0.130 e. The van der Waals surface area contributed by atoms with Gasteiger partial charge in [-0.2, -0.15) is 0 Å². The van der Waals surface area contributed by atoms with Gasteiger partial charge in [-0.15, -0.1) is 0 Å². The van der Waals surface area contributed by atoms with E-state index in [1.807, 2.05) is 0 Å². The summed E-state index contributed by atoms with van der Waals surface area (Å²) >= 11 is 0. The van der Waals surface area contributed by atoms with Gasteiger partial charge in [0.05, 0.1) is 0 Å². The summed E-state index contributed by atoms with van der Waals surface area (Å²) in [5.41, 5.74) is 0.526. The Labute approximate surface area is 89.9 Å². The highest BCUT2D eigenvalue weighted by Crippen LogP contribution is 2.38. The number of carbonyl (C=O) groups is 1. The van der Waals surface area contributed by atoms with Crippen LogP contribution in [0, 0.1) is 10.8 Å². The standard InChI is InChI=1S/C12H25BO/c1-10(14)7-11(2,3)8-12(4,5)9-13-6/h13H,7-9H2,1-6H3. The lowest BCUT2D eigenvalue weighted by atomic mass is 9.61. The van der Waals surface area contributed by atoms with E-state index in [0.29, 0.717) is 17.6 Å². The Balaban J connectivity index is 4.25. The molecule has 0 N–H and O–H groups in total. The summed E-state index contributed by atoms with van der Waals surface area (Å²) in [7, 11) is 1.23. The second-order valence-corrected chi connectivity index (χ2v) is 6.13. The van der Waals surface area contributed by atoms with E-state index in [1.54, 1.807) is 6.92 Å². The highest BCUT2D eigenvalue weighted by atomic mass is 16.1. The Hall–Kier alpha value is -0.265. The number of hydrogen-bond acceptors (Lipinski definition) is 1. The van der Waals surface area contributed by atoms with E-state index in [9.17, 15) is 4.79 Å². The first-order valence-electron chi connectivity index (χ1n) is 5.68. The molecule has 0 aliphatic heterocycles. The van der Waals surface area contributed by atoms with Gasteiger partial charge in [-0.25, -0.2) is 0 Å². The molecule has 0 spiro atoms. The molecule has 0 bridgehead atoms. The van der Waals surface area contributed by atoms with Gasteiger partial charge >= 0.3 is 0 Å². The molecule has 1 nitrogen and oxygen atoms in total. The van der Waals surface area contributed by atoms with Crippen molar-refractivity contribution in [1.82, 2.24) is 0 Å². The third kappa shape index (κ3) is 6.23. The van der Waals surface area contributed by atoms with E-state index in [2.05, 4.69) is 34.5 Å². The van der Waals surface area contributed by atoms with Crippen LogP contribution in [0.2, 0.25) is 13.1 Å². The van der Waals surface area contributed by atoms with Gasteiger partial charge in [0.1, 0.15) is 13.1 Å². The number of rotatable bonds is 6. The minimum absolute atomic E-state index is 0.157. The Morgan fingerprint density at radius 2 is 1.64 bits per heavy atom. The molecule has 14 heavy (non-hydrogen) atoms. The van der Waals surface area contributed by atoms with E-state index in [4.69, 9.17) is 0 Å². The topological polar surface area (TPSA) is 17.1 Å². The lowest BCUT2D eigenvalue weighted by Crippen LogP contribution is -2.25. The van der Waals surface area contributed by atoms with Gasteiger partial charge in [-0.05, 0) is 24.2 Å². The number of hydrogen-bond donors (Lipinski definition) is 0. The van der Waals surface area contributed by atoms with Crippen LogP contribution in [0.3, 0.4) is 0 Å². The molecule has 2 heteroatoms. The molecule has 0 rings (SSSR count). The summed E-state index contributed by atoms with van der Waals surface area (Å²) < 4.78 is 0. The monoisotopic (exact) mass is 196 g/mol. The van der Waals surface area contributed by atoms with Crippen LogP contribution in [0.1, 0.15) is 47.5 Å². The van der Waals surface area contributed by atoms with Crippen molar-refractivity contribution in [1.29, 1.82) is 0 Å². The maximum atomic E-state index is 11.1. The zero-order chi connectivity index (χ0) is 11.4. The third-order valence-electron chi connectivity index (χ3n) is 2.61. The van der Waals surface area contributed by atoms with Gasteiger partial charge in [-0.3, -0.25) is 0 Å². The largest absolute Gasteiger partial charge is 0.300 e. The molecule has 0 fully saturated rings. The molecule has 0 saturated heterocycles. The summed E-state index contributed by atoms with van der Waals surface area (Å²) in [5, 5.41) is 0. The first-order chi connectivity index (χ1) is 6.18. The first-order valence-corrected chi connectivity index (χ1v) is 5.68. The van der Waals surface area contributed by atoms with Gasteiger partial charge in [0, 0.05) is 6.42 Å². The quantitative estimate of drug-likeness (QED) is 0.595. The maximum absolute atomic E-state index is 11.1. The summed E-state index contributed by atoms with van der Waals surface area (Å²) in [6.45, 7) is 12.9. The normalized spacial score (nSPS) is 12.7. The predicted molar refractivity (Wildman–Crippen MR) is 65.3 cm³/mol. The number of carbonyl (C=O) groups excluding carboxylic acids is 1. The molecule has 82 valence electrons. The average molecular weight is 196 g/mol. The second-order valence-electron chi connectivity index (χ2n) is 6.13. The van der Waals surface area contributed by atoms with Crippen LogP contribution in [-0.2, 0) is 4.79 Å². The lowest BCUT2D eigenvalue weighted by Gasteiger charge is -2.34. The Bertz CT molecular complexity index is 194. The molecule has 0 heterocycles. The average Bonchev–Trinajstić information content (AvgIpc) is 1.78. The number of ketones is 1. The zero-order valence-corrected chi connectivity index (χ0v) is 10.7. The Morgan fingerprint density at radius 1 is 1.14 bits per heavy atom. The van der Waals surface area contributed by atoms with Crippen LogP contribution < -0.4 is 0 Å². The molecule has 0 saturated carbocycles. The maximum Gasteiger partial charge on any atom is 0.130 e. The molecular formula is C12H25BO. The summed E-state index contributed by atoms with van der Waals surface area (Å²) in [6, 6.07) is 0. The molecule has 0 amide bonds.